The van der Waals surface area contributed by atoms with E-state index in [-0.39, 0.29) is 17.0 Å². The molecule has 0 aromatic carbocycles. The minimum atomic E-state index is -3.60. The van der Waals surface area contributed by atoms with Crippen molar-refractivity contribution in [2.45, 2.75) is 33.1 Å². The van der Waals surface area contributed by atoms with Gasteiger partial charge in [-0.25, -0.2) is 8.42 Å². The molecule has 2 aliphatic carbocycles. The van der Waals surface area contributed by atoms with Crippen molar-refractivity contribution in [3.05, 3.63) is 0 Å². The summed E-state index contributed by atoms with van der Waals surface area (Å²) < 4.78 is 22.4. The van der Waals surface area contributed by atoms with Crippen molar-refractivity contribution in [2.75, 3.05) is 5.75 Å². The first kappa shape index (κ1) is 11.4. The second-order valence-corrected chi connectivity index (χ2v) is 8.13. The van der Waals surface area contributed by atoms with E-state index in [9.17, 15) is 13.2 Å². The van der Waals surface area contributed by atoms with Crippen molar-refractivity contribution in [1.29, 1.82) is 0 Å². The van der Waals surface area contributed by atoms with Gasteiger partial charge in [-0.2, -0.15) is 0 Å². The van der Waals surface area contributed by atoms with Gasteiger partial charge in [0.2, 0.25) is 9.05 Å². The number of fused-ring (bicyclic) bond motifs is 2. The van der Waals surface area contributed by atoms with E-state index in [2.05, 4.69) is 0 Å². The highest BCUT2D eigenvalue weighted by Crippen LogP contribution is 2.64. The van der Waals surface area contributed by atoms with E-state index in [1.807, 2.05) is 13.8 Å². The zero-order valence-corrected chi connectivity index (χ0v) is 10.5. The van der Waals surface area contributed by atoms with E-state index in [1.165, 1.54) is 0 Å². The smallest absolute Gasteiger partial charge is 0.233 e. The Morgan fingerprint density at radius 2 is 2.07 bits per heavy atom. The summed E-state index contributed by atoms with van der Waals surface area (Å²) in [7, 11) is 1.71. The molecule has 2 fully saturated rings. The average molecular weight is 251 g/mol. The molecule has 2 saturated carbocycles. The Kier molecular flexibility index (Phi) is 2.26. The average Bonchev–Trinajstić information content (AvgIpc) is 2.34. The van der Waals surface area contributed by atoms with Crippen LogP contribution >= 0.6 is 10.7 Å². The van der Waals surface area contributed by atoms with Gasteiger partial charge < -0.3 is 0 Å². The Bertz CT molecular complexity index is 412. The normalized spacial score (nSPS) is 38.6. The molecule has 0 aromatic rings. The van der Waals surface area contributed by atoms with Gasteiger partial charge in [-0.1, -0.05) is 13.8 Å². The highest BCUT2D eigenvalue weighted by atomic mass is 35.7. The van der Waals surface area contributed by atoms with Gasteiger partial charge in [0.05, 0.1) is 5.75 Å². The molecule has 5 heteroatoms. The van der Waals surface area contributed by atoms with Crippen molar-refractivity contribution >= 4 is 25.5 Å². The number of rotatable bonds is 2. The summed E-state index contributed by atoms with van der Waals surface area (Å²) in [5.74, 6) is 0.237. The molecular weight excluding hydrogens is 236 g/mol. The van der Waals surface area contributed by atoms with Crippen molar-refractivity contribution in [3.63, 3.8) is 0 Å². The predicted molar refractivity (Wildman–Crippen MR) is 58.2 cm³/mol. The van der Waals surface area contributed by atoms with Crippen molar-refractivity contribution in [3.8, 4) is 0 Å². The maximum atomic E-state index is 11.9. The minimum absolute atomic E-state index is 0.0907. The summed E-state index contributed by atoms with van der Waals surface area (Å²) >= 11 is 0. The van der Waals surface area contributed by atoms with Crippen LogP contribution in [0.3, 0.4) is 0 Å². The SMILES string of the molecule is CC1(C)[C@H]2CC[C@]1(CS(=O)(=O)Cl)C(=O)C2. The van der Waals surface area contributed by atoms with Crippen LogP contribution in [0.1, 0.15) is 33.1 Å². The van der Waals surface area contributed by atoms with Crippen LogP contribution in [-0.2, 0) is 13.8 Å². The molecule has 0 aliphatic heterocycles. The Balaban J connectivity index is 2.45. The maximum absolute atomic E-state index is 11.9. The highest BCUT2D eigenvalue weighted by Gasteiger charge is 2.65. The fourth-order valence-electron chi connectivity index (χ4n) is 3.40. The number of Topliss-reactive ketones (excluding diaryl/α,β-unsaturated/α-hetero) is 1. The molecule has 3 nitrogen and oxygen atoms in total. The predicted octanol–water partition coefficient (Wildman–Crippen LogP) is 1.95. The summed E-state index contributed by atoms with van der Waals surface area (Å²) in [5.41, 5.74) is -0.926. The van der Waals surface area contributed by atoms with Crippen LogP contribution < -0.4 is 0 Å². The molecule has 2 rings (SSSR count). The zero-order chi connectivity index (χ0) is 11.5. The molecule has 2 atom stereocenters. The lowest BCUT2D eigenvalue weighted by Crippen LogP contribution is -2.41. The number of carbonyl (C=O) groups is 1. The van der Waals surface area contributed by atoms with E-state index in [0.717, 1.165) is 6.42 Å². The maximum Gasteiger partial charge on any atom is 0.233 e. The lowest BCUT2D eigenvalue weighted by atomic mass is 9.70. The Labute approximate surface area is 94.6 Å². The molecule has 0 heterocycles. The summed E-state index contributed by atoms with van der Waals surface area (Å²) in [6.07, 6.45) is 2.15. The summed E-state index contributed by atoms with van der Waals surface area (Å²) in [5, 5.41) is 0. The standard InChI is InChI=1S/C10H15ClO3S/c1-9(2)7-3-4-10(9,8(12)5-7)6-15(11,13)14/h7H,3-6H2,1-2H3/t7-,10-/m0/s1. The van der Waals surface area contributed by atoms with Crippen LogP contribution in [-0.4, -0.2) is 20.0 Å². The minimum Gasteiger partial charge on any atom is -0.299 e. The topological polar surface area (TPSA) is 51.2 Å². The third kappa shape index (κ3) is 1.45. The Hall–Kier alpha value is -0.0900. The van der Waals surface area contributed by atoms with E-state index < -0.39 is 14.5 Å². The lowest BCUT2D eigenvalue weighted by molar-refractivity contribution is -0.128. The third-order valence-electron chi connectivity index (χ3n) is 4.56. The molecule has 0 unspecified atom stereocenters. The second-order valence-electron chi connectivity index (χ2n) is 5.35. The van der Waals surface area contributed by atoms with Crippen LogP contribution in [0, 0.1) is 16.7 Å². The van der Waals surface area contributed by atoms with E-state index in [4.69, 9.17) is 10.7 Å². The first-order chi connectivity index (χ1) is 6.69. The Morgan fingerprint density at radius 1 is 1.47 bits per heavy atom. The zero-order valence-electron chi connectivity index (χ0n) is 8.92. The molecule has 0 aromatic heterocycles. The summed E-state index contributed by atoms with van der Waals surface area (Å²) in [4.78, 5) is 11.9. The first-order valence-electron chi connectivity index (χ1n) is 5.15. The molecule has 0 radical (unpaired) electrons. The number of carbonyl (C=O) groups excluding carboxylic acids is 1. The van der Waals surface area contributed by atoms with Crippen LogP contribution in [0.25, 0.3) is 0 Å². The fourth-order valence-corrected chi connectivity index (χ4v) is 5.23. The van der Waals surface area contributed by atoms with Gasteiger partial charge >= 0.3 is 0 Å². The molecular formula is C10H15ClO3S. The largest absolute Gasteiger partial charge is 0.299 e. The molecule has 0 N–H and O–H groups in total. The van der Waals surface area contributed by atoms with Crippen LogP contribution in [0.4, 0.5) is 0 Å². The molecule has 86 valence electrons. The van der Waals surface area contributed by atoms with E-state index in [0.29, 0.717) is 18.8 Å². The monoisotopic (exact) mass is 250 g/mol. The lowest BCUT2D eigenvalue weighted by Gasteiger charge is -2.35. The number of ketones is 1. The number of halogens is 1. The van der Waals surface area contributed by atoms with E-state index >= 15 is 0 Å². The van der Waals surface area contributed by atoms with Gasteiger partial charge in [-0.05, 0) is 24.2 Å². The van der Waals surface area contributed by atoms with E-state index in [1.54, 1.807) is 0 Å². The van der Waals surface area contributed by atoms with Crippen LogP contribution in [0.2, 0.25) is 0 Å². The number of hydrogen-bond donors (Lipinski definition) is 0. The second kappa shape index (κ2) is 2.98. The molecule has 0 amide bonds. The van der Waals surface area contributed by atoms with Gasteiger partial charge in [0.1, 0.15) is 5.78 Å². The summed E-state index contributed by atoms with van der Waals surface area (Å²) in [6.45, 7) is 4.00. The van der Waals surface area contributed by atoms with Gasteiger partial charge in [0.15, 0.2) is 0 Å². The van der Waals surface area contributed by atoms with Crippen LogP contribution in [0.5, 0.6) is 0 Å². The van der Waals surface area contributed by atoms with Gasteiger partial charge in [-0.15, -0.1) is 0 Å². The molecule has 2 bridgehead atoms. The summed E-state index contributed by atoms with van der Waals surface area (Å²) in [6, 6.07) is 0. The van der Waals surface area contributed by atoms with Crippen molar-refractivity contribution in [1.82, 2.24) is 0 Å². The first-order valence-corrected chi connectivity index (χ1v) is 7.62. The third-order valence-corrected chi connectivity index (χ3v) is 5.72. The highest BCUT2D eigenvalue weighted by molar-refractivity contribution is 8.13. The number of hydrogen-bond acceptors (Lipinski definition) is 3. The van der Waals surface area contributed by atoms with Gasteiger partial charge in [0.25, 0.3) is 0 Å². The molecule has 0 spiro atoms. The van der Waals surface area contributed by atoms with Gasteiger partial charge in [-0.3, -0.25) is 4.79 Å². The van der Waals surface area contributed by atoms with Crippen molar-refractivity contribution in [2.24, 2.45) is 16.7 Å². The van der Waals surface area contributed by atoms with Crippen LogP contribution in [0.15, 0.2) is 0 Å². The Morgan fingerprint density at radius 3 is 2.40 bits per heavy atom. The molecule has 2 aliphatic rings. The molecule has 0 saturated heterocycles. The fraction of sp³-hybridized carbons (Fsp3) is 0.900. The van der Waals surface area contributed by atoms with Crippen molar-refractivity contribution < 1.29 is 13.2 Å². The quantitative estimate of drug-likeness (QED) is 0.704. The van der Waals surface area contributed by atoms with Gasteiger partial charge in [0, 0.05) is 22.5 Å². The molecule has 15 heavy (non-hydrogen) atoms.